The van der Waals surface area contributed by atoms with Crippen molar-refractivity contribution in [3.05, 3.63) is 87.9 Å². The number of esters is 1. The van der Waals surface area contributed by atoms with Crippen molar-refractivity contribution in [1.29, 1.82) is 0 Å². The molecule has 5 rings (SSSR count). The molecule has 0 spiro atoms. The van der Waals surface area contributed by atoms with Crippen LogP contribution in [0.25, 0.3) is 0 Å². The number of amides is 9. The molecule has 476 valence electrons. The summed E-state index contributed by atoms with van der Waals surface area (Å²) in [5.41, 5.74) is 1.53. The molecule has 27 nitrogen and oxygen atoms in total. The molecule has 2 saturated heterocycles. The van der Waals surface area contributed by atoms with Gasteiger partial charge in [0, 0.05) is 19.9 Å². The van der Waals surface area contributed by atoms with Crippen LogP contribution < -0.4 is 37.2 Å². The molecule has 14 N–H and O–H groups in total. The van der Waals surface area contributed by atoms with E-state index in [0.717, 1.165) is 10.5 Å². The van der Waals surface area contributed by atoms with Gasteiger partial charge >= 0.3 is 5.97 Å². The van der Waals surface area contributed by atoms with E-state index in [4.69, 9.17) is 4.74 Å². The van der Waals surface area contributed by atoms with Crippen molar-refractivity contribution in [2.45, 2.75) is 172 Å². The standard InChI is InChI=1S/C59H80BrN9O18/c1-28(2)46(65-50(77)30(5)61-51(78)39(62-54(81)44(75)27-70)11-9-10-33-12-17-36(72)18-13-33)55(82)67-48-32(7)87-59(86)47(29(3)4)66-53(80)42(26-35-16-22-43(74)38(60)24-35)68(8)58(85)49(31(6)71)69-45(76)23-21-40(57(69)84)63-52(79)41(64-56(48)83)25-34-14-19-37(73)20-15-34/h12-20,22,24,28-32,39-42,44-49,70-76H,9-11,21,23,25-27H2,1-8H3,(H,61,78)(H,62,81)(H,63,79)(H,64,83)(H,65,77)(H,66,80)(H,67,82)/t30-,31-,32-,39+,40+,41+,42+,44-,45-,46+,47+,48+,49+/m1/s1. The first-order valence-electron chi connectivity index (χ1n) is 28.5. The van der Waals surface area contributed by atoms with Gasteiger partial charge in [0.2, 0.25) is 47.3 Å². The number of halogens is 1. The van der Waals surface area contributed by atoms with Gasteiger partial charge in [-0.3, -0.25) is 43.2 Å². The molecule has 3 aromatic carbocycles. The molecule has 2 fully saturated rings. The van der Waals surface area contributed by atoms with E-state index in [-0.39, 0.29) is 53.8 Å². The number of fused-ring (bicyclic) bond motifs is 2. The van der Waals surface area contributed by atoms with Crippen molar-refractivity contribution in [1.82, 2.24) is 47.0 Å². The number of benzene rings is 3. The van der Waals surface area contributed by atoms with Gasteiger partial charge in [-0.1, -0.05) is 58.0 Å². The van der Waals surface area contributed by atoms with Crippen LogP contribution in [0.2, 0.25) is 0 Å². The number of phenols is 3. The maximum atomic E-state index is 15.0. The SMILES string of the molecule is CC(C)[C@H](NC(=O)[C@@H](C)NC(=O)[C@H](CCCc1ccc(O)cc1)NC(=O)[C@H](O)CO)C(=O)N[C@@H]1C(=O)N[C@@H](Cc2ccc(O)cc2)C(=O)N[C@H]2CC[C@@H](O)N(C2=O)[C@@H]([C@@H](C)O)C(=O)N(C)[C@@H](Cc2ccc(O)c(Br)c2)C(=O)N[C@@H](C(C)C)C(=O)O[C@@H]1C. The lowest BCUT2D eigenvalue weighted by Gasteiger charge is -2.43. The Labute approximate surface area is 511 Å². The van der Waals surface area contributed by atoms with Crippen LogP contribution in [0, 0.1) is 11.8 Å². The van der Waals surface area contributed by atoms with E-state index in [1.165, 1.54) is 96.3 Å². The number of nitrogens with one attached hydrogen (secondary N) is 7. The van der Waals surface area contributed by atoms with Crippen molar-refractivity contribution in [2.75, 3.05) is 13.7 Å². The number of piperidine rings is 1. The van der Waals surface area contributed by atoms with Gasteiger partial charge in [0.25, 0.3) is 5.91 Å². The van der Waals surface area contributed by atoms with Crippen LogP contribution in [-0.4, -0.2) is 197 Å². The first kappa shape index (κ1) is 69.8. The minimum Gasteiger partial charge on any atom is -0.508 e. The largest absolute Gasteiger partial charge is 0.508 e. The molecule has 0 radical (unpaired) electrons. The van der Waals surface area contributed by atoms with Crippen LogP contribution >= 0.6 is 15.9 Å². The second kappa shape index (κ2) is 31.6. The molecule has 9 amide bonds. The lowest BCUT2D eigenvalue weighted by molar-refractivity contribution is -0.170. The zero-order valence-electron chi connectivity index (χ0n) is 49.6. The van der Waals surface area contributed by atoms with Crippen LogP contribution in [0.5, 0.6) is 17.2 Å². The van der Waals surface area contributed by atoms with Crippen LogP contribution in [0.3, 0.4) is 0 Å². The third-order valence-corrected chi connectivity index (χ3v) is 15.7. The van der Waals surface area contributed by atoms with E-state index in [1.807, 2.05) is 0 Å². The zero-order chi connectivity index (χ0) is 64.7. The van der Waals surface area contributed by atoms with E-state index < -0.39 is 156 Å². The fraction of sp³-hybridized carbons (Fsp3) is 0.525. The number of aryl methyl sites for hydroxylation is 1. The number of hydrogen-bond acceptors (Lipinski definition) is 18. The fourth-order valence-corrected chi connectivity index (χ4v) is 10.3. The summed E-state index contributed by atoms with van der Waals surface area (Å²) in [6.45, 7) is 8.92. The van der Waals surface area contributed by atoms with Crippen molar-refractivity contribution in [3.63, 3.8) is 0 Å². The van der Waals surface area contributed by atoms with Gasteiger partial charge in [-0.15, -0.1) is 0 Å². The first-order valence-corrected chi connectivity index (χ1v) is 29.3. The van der Waals surface area contributed by atoms with Crippen molar-refractivity contribution >= 4 is 75.1 Å². The summed E-state index contributed by atoms with van der Waals surface area (Å²) in [6.07, 6.45) is -7.36. The second-order valence-corrected chi connectivity index (χ2v) is 23.4. The number of ether oxygens (including phenoxy) is 1. The zero-order valence-corrected chi connectivity index (χ0v) is 51.1. The summed E-state index contributed by atoms with van der Waals surface area (Å²) >= 11 is 3.25. The molecular formula is C59H80BrN9O18. The lowest BCUT2D eigenvalue weighted by atomic mass is 9.96. The van der Waals surface area contributed by atoms with E-state index in [0.29, 0.717) is 28.9 Å². The van der Waals surface area contributed by atoms with Gasteiger partial charge in [0.05, 0.1) is 17.2 Å². The Morgan fingerprint density at radius 1 is 0.713 bits per heavy atom. The molecule has 0 aliphatic carbocycles. The predicted octanol–water partition coefficient (Wildman–Crippen LogP) is -1.08. The third kappa shape index (κ3) is 19.0. The molecule has 13 atom stereocenters. The summed E-state index contributed by atoms with van der Waals surface area (Å²) < 4.78 is 6.15. The molecular weight excluding hydrogens is 1200 g/mol. The van der Waals surface area contributed by atoms with Gasteiger partial charge in [-0.25, -0.2) is 4.79 Å². The minimum atomic E-state index is -1.93. The van der Waals surface area contributed by atoms with Gasteiger partial charge in [0.1, 0.15) is 84.0 Å². The summed E-state index contributed by atoms with van der Waals surface area (Å²) in [6, 6.07) is 1.72. The monoisotopic (exact) mass is 1280 g/mol. The van der Waals surface area contributed by atoms with Gasteiger partial charge in [-0.05, 0) is 134 Å². The van der Waals surface area contributed by atoms with Gasteiger partial charge in [-0.2, -0.15) is 0 Å². The number of likely N-dealkylation sites (N-methyl/N-ethyl adjacent to an activating group) is 1. The lowest BCUT2D eigenvalue weighted by Crippen LogP contribution is -2.67. The smallest absolute Gasteiger partial charge is 0.329 e. The van der Waals surface area contributed by atoms with E-state index in [2.05, 4.69) is 53.1 Å². The Hall–Kier alpha value is -7.92. The predicted molar refractivity (Wildman–Crippen MR) is 314 cm³/mol. The normalized spacial score (nSPS) is 23.5. The average molecular weight is 1280 g/mol. The van der Waals surface area contributed by atoms with Crippen LogP contribution in [0.4, 0.5) is 0 Å². The fourth-order valence-electron chi connectivity index (χ4n) is 9.89. The topological polar surface area (TPSA) is 412 Å². The van der Waals surface area contributed by atoms with E-state index in [1.54, 1.807) is 26.0 Å². The molecule has 2 aliphatic rings. The maximum absolute atomic E-state index is 15.0. The average Bonchev–Trinajstić information content (AvgIpc) is 1.35. The summed E-state index contributed by atoms with van der Waals surface area (Å²) in [5, 5.41) is 89.9. The molecule has 2 aliphatic heterocycles. The number of carbonyl (C=O) groups excluding carboxylic acids is 10. The molecule has 0 aromatic heterocycles. The van der Waals surface area contributed by atoms with E-state index >= 15 is 0 Å². The quantitative estimate of drug-likeness (QED) is 0.0598. The van der Waals surface area contributed by atoms with Crippen LogP contribution in [0.1, 0.15) is 90.8 Å². The number of aromatic hydroxyl groups is 3. The number of nitrogens with zero attached hydrogens (tertiary/aromatic N) is 2. The van der Waals surface area contributed by atoms with Crippen LogP contribution in [-0.2, 0) is 71.9 Å². The Morgan fingerprint density at radius 3 is 1.90 bits per heavy atom. The van der Waals surface area contributed by atoms with Gasteiger partial charge < -0.3 is 87.5 Å². The third-order valence-electron chi connectivity index (χ3n) is 15.1. The van der Waals surface area contributed by atoms with Crippen LogP contribution in [0.15, 0.2) is 71.2 Å². The molecule has 3 aromatic rings. The number of phenolic OH excluding ortho intramolecular Hbond substituents is 3. The second-order valence-electron chi connectivity index (χ2n) is 22.6. The number of hydrogen-bond donors (Lipinski definition) is 14. The molecule has 0 unspecified atom stereocenters. The van der Waals surface area contributed by atoms with Crippen molar-refractivity contribution in [2.24, 2.45) is 11.8 Å². The molecule has 2 heterocycles. The Bertz CT molecular complexity index is 2950. The number of carbonyl (C=O) groups is 10. The highest BCUT2D eigenvalue weighted by Crippen LogP contribution is 2.28. The maximum Gasteiger partial charge on any atom is 0.329 e. The number of cyclic esters (lactones) is 1. The highest BCUT2D eigenvalue weighted by Gasteiger charge is 2.47. The molecule has 2 bridgehead atoms. The van der Waals surface area contributed by atoms with Crippen molar-refractivity contribution in [3.8, 4) is 17.2 Å². The summed E-state index contributed by atoms with van der Waals surface area (Å²) in [7, 11) is 1.21. The molecule has 87 heavy (non-hydrogen) atoms. The minimum absolute atomic E-state index is 0.0139. The Kier molecular flexibility index (Phi) is 25.4. The molecule has 28 heteroatoms. The Balaban J connectivity index is 1.52. The Morgan fingerprint density at radius 2 is 1.32 bits per heavy atom. The number of rotatable bonds is 20. The first-order chi connectivity index (χ1) is 40.9. The van der Waals surface area contributed by atoms with Gasteiger partial charge in [0.15, 0.2) is 6.10 Å². The van der Waals surface area contributed by atoms with Crippen molar-refractivity contribution < 1.29 is 88.4 Å². The number of aliphatic hydroxyl groups excluding tert-OH is 4. The highest BCUT2D eigenvalue weighted by atomic mass is 79.9. The molecule has 0 saturated carbocycles. The summed E-state index contributed by atoms with van der Waals surface area (Å²) in [4.78, 5) is 145. The summed E-state index contributed by atoms with van der Waals surface area (Å²) in [5.74, 6) is -12.1. The highest BCUT2D eigenvalue weighted by molar-refractivity contribution is 9.10. The van der Waals surface area contributed by atoms with E-state index in [9.17, 15) is 83.7 Å². The number of aliphatic hydroxyl groups is 4.